The Hall–Kier alpha value is -4.32. The predicted molar refractivity (Wildman–Crippen MR) is 129 cm³/mol. The summed E-state index contributed by atoms with van der Waals surface area (Å²) in [6.07, 6.45) is 1.58. The number of fused-ring (bicyclic) bond motifs is 1. The molecule has 166 valence electrons. The van der Waals surface area contributed by atoms with Crippen LogP contribution in [-0.2, 0) is 6.61 Å². The van der Waals surface area contributed by atoms with Crippen LogP contribution in [0.3, 0.4) is 0 Å². The van der Waals surface area contributed by atoms with Gasteiger partial charge >= 0.3 is 0 Å². The molecule has 0 radical (unpaired) electrons. The lowest BCUT2D eigenvalue weighted by Gasteiger charge is -2.09. The first-order chi connectivity index (χ1) is 16.2. The van der Waals surface area contributed by atoms with Crippen molar-refractivity contribution in [3.8, 4) is 17.2 Å². The minimum atomic E-state index is -0.345. The van der Waals surface area contributed by atoms with Crippen LogP contribution in [0.25, 0.3) is 10.8 Å². The molecule has 4 aromatic carbocycles. The van der Waals surface area contributed by atoms with Gasteiger partial charge in [-0.1, -0.05) is 42.5 Å². The lowest BCUT2D eigenvalue weighted by molar-refractivity contribution is 0.0954. The van der Waals surface area contributed by atoms with Crippen molar-refractivity contribution in [3.63, 3.8) is 0 Å². The van der Waals surface area contributed by atoms with Crippen LogP contribution in [-0.4, -0.2) is 26.3 Å². The quantitative estimate of drug-likeness (QED) is 0.302. The number of ether oxygens (including phenoxy) is 3. The summed E-state index contributed by atoms with van der Waals surface area (Å²) in [6.45, 7) is 0.482. The molecule has 0 heterocycles. The van der Waals surface area contributed by atoms with Crippen molar-refractivity contribution in [1.29, 1.82) is 0 Å². The number of hydrazone groups is 1. The van der Waals surface area contributed by atoms with E-state index in [1.807, 2.05) is 42.5 Å². The number of amides is 1. The Bertz CT molecular complexity index is 1280. The number of nitrogens with one attached hydrogen (secondary N) is 1. The van der Waals surface area contributed by atoms with Crippen LogP contribution in [0.4, 0.5) is 0 Å². The Kier molecular flexibility index (Phi) is 6.85. The highest BCUT2D eigenvalue weighted by Gasteiger charge is 2.10. The van der Waals surface area contributed by atoms with E-state index in [1.54, 1.807) is 31.5 Å². The molecule has 1 amide bonds. The van der Waals surface area contributed by atoms with Crippen molar-refractivity contribution >= 4 is 22.9 Å². The van der Waals surface area contributed by atoms with E-state index in [0.29, 0.717) is 23.7 Å². The van der Waals surface area contributed by atoms with Crippen LogP contribution in [0.2, 0.25) is 0 Å². The third-order valence-electron chi connectivity index (χ3n) is 5.18. The van der Waals surface area contributed by atoms with Gasteiger partial charge in [0.25, 0.3) is 5.91 Å². The van der Waals surface area contributed by atoms with E-state index in [9.17, 15) is 4.79 Å². The van der Waals surface area contributed by atoms with E-state index in [-0.39, 0.29) is 5.91 Å². The van der Waals surface area contributed by atoms with Crippen LogP contribution in [0.5, 0.6) is 17.2 Å². The van der Waals surface area contributed by atoms with Crippen LogP contribution in [0, 0.1) is 0 Å². The molecule has 0 aromatic heterocycles. The molecule has 1 N–H and O–H groups in total. The molecule has 0 aliphatic carbocycles. The zero-order valence-corrected chi connectivity index (χ0v) is 18.4. The second-order valence-corrected chi connectivity index (χ2v) is 7.26. The standard InChI is InChI=1S/C27H24N2O4/c1-31-25-15-12-21(16-26(25)32-2)27(30)29-28-17-19-10-13-23(14-11-19)33-18-22-8-5-7-20-6-3-4-9-24(20)22/h3-17H,18H2,1-2H3,(H,29,30)/b28-17-. The minimum absolute atomic E-state index is 0.345. The van der Waals surface area contributed by atoms with Crippen molar-refractivity contribution in [3.05, 3.63) is 102 Å². The summed E-state index contributed by atoms with van der Waals surface area (Å²) < 4.78 is 16.4. The average molecular weight is 440 g/mol. The van der Waals surface area contributed by atoms with Gasteiger partial charge in [0.05, 0.1) is 20.4 Å². The predicted octanol–water partition coefficient (Wildman–Crippen LogP) is 5.20. The summed E-state index contributed by atoms with van der Waals surface area (Å²) in [4.78, 5) is 12.3. The highest BCUT2D eigenvalue weighted by Crippen LogP contribution is 2.27. The zero-order chi connectivity index (χ0) is 23.0. The van der Waals surface area contributed by atoms with Crippen molar-refractivity contribution in [2.24, 2.45) is 5.10 Å². The molecule has 0 saturated heterocycles. The van der Waals surface area contributed by atoms with E-state index < -0.39 is 0 Å². The molecule has 4 rings (SSSR count). The highest BCUT2D eigenvalue weighted by molar-refractivity contribution is 5.95. The second-order valence-electron chi connectivity index (χ2n) is 7.26. The van der Waals surface area contributed by atoms with E-state index in [4.69, 9.17) is 14.2 Å². The van der Waals surface area contributed by atoms with Crippen molar-refractivity contribution in [1.82, 2.24) is 5.43 Å². The Morgan fingerprint density at radius 1 is 0.879 bits per heavy atom. The van der Waals surface area contributed by atoms with Gasteiger partial charge in [-0.05, 0) is 64.4 Å². The third-order valence-corrected chi connectivity index (χ3v) is 5.18. The number of carbonyl (C=O) groups excluding carboxylic acids is 1. The Morgan fingerprint density at radius 3 is 2.42 bits per heavy atom. The number of benzene rings is 4. The molecule has 0 bridgehead atoms. The summed E-state index contributed by atoms with van der Waals surface area (Å²) in [7, 11) is 3.06. The zero-order valence-electron chi connectivity index (χ0n) is 18.4. The van der Waals surface area contributed by atoms with Gasteiger partial charge in [0.2, 0.25) is 0 Å². The van der Waals surface area contributed by atoms with Crippen LogP contribution in [0.15, 0.2) is 90.0 Å². The summed E-state index contributed by atoms with van der Waals surface area (Å²) in [6, 6.07) is 26.9. The molecule has 6 heteroatoms. The Balaban J connectivity index is 1.34. The number of hydrogen-bond donors (Lipinski definition) is 1. The summed E-state index contributed by atoms with van der Waals surface area (Å²) in [5, 5.41) is 6.42. The molecule has 0 fully saturated rings. The smallest absolute Gasteiger partial charge is 0.271 e. The van der Waals surface area contributed by atoms with Gasteiger partial charge < -0.3 is 14.2 Å². The first-order valence-electron chi connectivity index (χ1n) is 10.4. The SMILES string of the molecule is COc1ccc(C(=O)N/N=C\c2ccc(OCc3cccc4ccccc34)cc2)cc1OC. The van der Waals surface area contributed by atoms with Crippen molar-refractivity contribution in [2.45, 2.75) is 6.61 Å². The Labute approximate surface area is 192 Å². The molecule has 0 aliphatic heterocycles. The first kappa shape index (κ1) is 21.9. The molecular weight excluding hydrogens is 416 g/mol. The highest BCUT2D eigenvalue weighted by atomic mass is 16.5. The minimum Gasteiger partial charge on any atom is -0.493 e. The maximum atomic E-state index is 12.3. The number of hydrogen-bond acceptors (Lipinski definition) is 5. The summed E-state index contributed by atoms with van der Waals surface area (Å²) >= 11 is 0. The number of rotatable bonds is 8. The topological polar surface area (TPSA) is 69.2 Å². The molecule has 33 heavy (non-hydrogen) atoms. The van der Waals surface area contributed by atoms with E-state index >= 15 is 0 Å². The van der Waals surface area contributed by atoms with Gasteiger partial charge in [-0.15, -0.1) is 0 Å². The third kappa shape index (κ3) is 5.30. The lowest BCUT2D eigenvalue weighted by Crippen LogP contribution is -2.17. The van der Waals surface area contributed by atoms with E-state index in [1.165, 1.54) is 17.9 Å². The van der Waals surface area contributed by atoms with Gasteiger partial charge in [0.1, 0.15) is 12.4 Å². The summed E-state index contributed by atoms with van der Waals surface area (Å²) in [5.74, 6) is 1.45. The van der Waals surface area contributed by atoms with E-state index in [2.05, 4.69) is 34.8 Å². The maximum Gasteiger partial charge on any atom is 0.271 e. The van der Waals surface area contributed by atoms with Crippen LogP contribution >= 0.6 is 0 Å². The van der Waals surface area contributed by atoms with E-state index in [0.717, 1.165) is 16.9 Å². The van der Waals surface area contributed by atoms with Gasteiger partial charge in [0.15, 0.2) is 11.5 Å². The largest absolute Gasteiger partial charge is 0.493 e. The Morgan fingerprint density at radius 2 is 1.64 bits per heavy atom. The lowest BCUT2D eigenvalue weighted by atomic mass is 10.1. The van der Waals surface area contributed by atoms with Gasteiger partial charge in [0, 0.05) is 5.56 Å². The molecular formula is C27H24N2O4. The molecule has 0 spiro atoms. The molecule has 0 unspecified atom stereocenters. The molecule has 4 aromatic rings. The number of methoxy groups -OCH3 is 2. The van der Waals surface area contributed by atoms with Gasteiger partial charge in [-0.2, -0.15) is 5.10 Å². The maximum absolute atomic E-state index is 12.3. The monoisotopic (exact) mass is 440 g/mol. The second kappa shape index (κ2) is 10.3. The molecule has 0 aliphatic rings. The summed E-state index contributed by atoms with van der Waals surface area (Å²) in [5.41, 5.74) is 4.91. The molecule has 0 atom stereocenters. The average Bonchev–Trinajstić information content (AvgIpc) is 2.87. The fraction of sp³-hybridized carbons (Fsp3) is 0.111. The number of nitrogens with zero attached hydrogens (tertiary/aromatic N) is 1. The normalized spacial score (nSPS) is 10.8. The van der Waals surface area contributed by atoms with Crippen LogP contribution < -0.4 is 19.6 Å². The first-order valence-corrected chi connectivity index (χ1v) is 10.4. The molecule has 0 saturated carbocycles. The fourth-order valence-electron chi connectivity index (χ4n) is 3.44. The molecule has 6 nitrogen and oxygen atoms in total. The van der Waals surface area contributed by atoms with Gasteiger partial charge in [-0.3, -0.25) is 4.79 Å². The fourth-order valence-corrected chi connectivity index (χ4v) is 3.44. The van der Waals surface area contributed by atoms with Crippen molar-refractivity contribution < 1.29 is 19.0 Å². The number of carbonyl (C=O) groups is 1. The van der Waals surface area contributed by atoms with Gasteiger partial charge in [-0.25, -0.2) is 5.43 Å². The van der Waals surface area contributed by atoms with Crippen molar-refractivity contribution in [2.75, 3.05) is 14.2 Å². The van der Waals surface area contributed by atoms with Crippen LogP contribution in [0.1, 0.15) is 21.5 Å².